The first-order chi connectivity index (χ1) is 9.97. The Bertz CT molecular complexity index is 827. The number of hydrogen-bond acceptors (Lipinski definition) is 1. The van der Waals surface area contributed by atoms with Crippen molar-refractivity contribution in [1.82, 2.24) is 9.55 Å². The molecule has 0 fully saturated rings. The molecule has 0 saturated carbocycles. The molecule has 1 heterocycles. The normalized spacial score (nSPS) is 12.8. The summed E-state index contributed by atoms with van der Waals surface area (Å²) in [5.74, 6) is 0.519. The molecule has 3 rings (SSSR count). The Morgan fingerprint density at radius 2 is 2.00 bits per heavy atom. The molecule has 0 bridgehead atoms. The van der Waals surface area contributed by atoms with E-state index in [4.69, 9.17) is 11.6 Å². The van der Waals surface area contributed by atoms with Crippen molar-refractivity contribution in [2.24, 2.45) is 0 Å². The zero-order chi connectivity index (χ0) is 15.1. The number of benzene rings is 2. The van der Waals surface area contributed by atoms with Gasteiger partial charge in [-0.25, -0.2) is 9.37 Å². The Morgan fingerprint density at radius 1 is 1.24 bits per heavy atom. The third kappa shape index (κ3) is 2.66. The zero-order valence-electron chi connectivity index (χ0n) is 11.6. The van der Waals surface area contributed by atoms with Crippen molar-refractivity contribution in [3.8, 4) is 5.69 Å². The van der Waals surface area contributed by atoms with Crippen molar-refractivity contribution in [2.45, 2.75) is 19.2 Å². The highest BCUT2D eigenvalue weighted by Crippen LogP contribution is 2.30. The maximum absolute atomic E-state index is 13.4. The van der Waals surface area contributed by atoms with E-state index in [1.54, 1.807) is 6.07 Å². The summed E-state index contributed by atoms with van der Waals surface area (Å²) in [5, 5.41) is -0.237. The lowest BCUT2D eigenvalue weighted by atomic mass is 10.2. The van der Waals surface area contributed by atoms with E-state index in [0.717, 1.165) is 31.7 Å². The maximum Gasteiger partial charge on any atom is 0.132 e. The molecule has 1 aromatic heterocycles. The highest BCUT2D eigenvalue weighted by atomic mass is 127. The molecule has 1 unspecified atom stereocenters. The predicted octanol–water partition coefficient (Wildman–Crippen LogP) is 5.38. The molecule has 3 aromatic rings. The van der Waals surface area contributed by atoms with Gasteiger partial charge in [0.1, 0.15) is 11.6 Å². The first-order valence-electron chi connectivity index (χ1n) is 6.56. The van der Waals surface area contributed by atoms with Crippen molar-refractivity contribution in [3.63, 3.8) is 0 Å². The molecule has 0 aliphatic heterocycles. The third-order valence-corrected chi connectivity index (χ3v) is 4.40. The number of aryl methyl sites for hydroxylation is 1. The van der Waals surface area contributed by atoms with E-state index in [0.29, 0.717) is 0 Å². The Balaban J connectivity index is 2.38. The lowest BCUT2D eigenvalue weighted by molar-refractivity contribution is 0.626. The number of halogens is 3. The fraction of sp³-hybridized carbons (Fsp3) is 0.188. The van der Waals surface area contributed by atoms with Crippen LogP contribution in [0.2, 0.25) is 0 Å². The zero-order valence-corrected chi connectivity index (χ0v) is 14.5. The van der Waals surface area contributed by atoms with Crippen LogP contribution in [-0.2, 0) is 0 Å². The summed E-state index contributed by atoms with van der Waals surface area (Å²) < 4.78 is 16.2. The Morgan fingerprint density at radius 3 is 2.67 bits per heavy atom. The van der Waals surface area contributed by atoms with Crippen LogP contribution in [0.25, 0.3) is 16.7 Å². The Kier molecular flexibility index (Phi) is 3.92. The molecule has 108 valence electrons. The molecule has 21 heavy (non-hydrogen) atoms. The van der Waals surface area contributed by atoms with Crippen LogP contribution in [0.5, 0.6) is 0 Å². The van der Waals surface area contributed by atoms with Gasteiger partial charge in [0.25, 0.3) is 0 Å². The number of aromatic nitrogens is 2. The molecule has 0 spiro atoms. The van der Waals surface area contributed by atoms with Crippen LogP contribution in [0.3, 0.4) is 0 Å². The lowest BCUT2D eigenvalue weighted by Gasteiger charge is -2.12. The average molecular weight is 415 g/mol. The molecule has 0 saturated heterocycles. The minimum atomic E-state index is -0.246. The molecule has 0 aliphatic rings. The molecule has 2 aromatic carbocycles. The topological polar surface area (TPSA) is 17.8 Å². The van der Waals surface area contributed by atoms with Gasteiger partial charge in [0, 0.05) is 3.57 Å². The molecular formula is C16H13ClFIN2. The quantitative estimate of drug-likeness (QED) is 0.407. The number of nitrogens with zero attached hydrogens (tertiary/aromatic N) is 2. The van der Waals surface area contributed by atoms with Crippen LogP contribution < -0.4 is 0 Å². The summed E-state index contributed by atoms with van der Waals surface area (Å²) in [6.45, 7) is 3.93. The third-order valence-electron chi connectivity index (χ3n) is 3.34. The molecule has 0 aliphatic carbocycles. The molecular weight excluding hydrogens is 402 g/mol. The van der Waals surface area contributed by atoms with E-state index in [9.17, 15) is 4.39 Å². The van der Waals surface area contributed by atoms with E-state index in [1.807, 2.05) is 30.5 Å². The van der Waals surface area contributed by atoms with E-state index in [1.165, 1.54) is 12.1 Å². The summed E-state index contributed by atoms with van der Waals surface area (Å²) in [5.41, 5.74) is 3.92. The summed E-state index contributed by atoms with van der Waals surface area (Å²) in [4.78, 5) is 4.63. The van der Waals surface area contributed by atoms with Crippen molar-refractivity contribution in [3.05, 3.63) is 57.2 Å². The smallest absolute Gasteiger partial charge is 0.132 e. The largest absolute Gasteiger partial charge is 0.294 e. The van der Waals surface area contributed by atoms with E-state index in [2.05, 4.69) is 33.6 Å². The minimum Gasteiger partial charge on any atom is -0.294 e. The summed E-state index contributed by atoms with van der Waals surface area (Å²) in [6.07, 6.45) is 0. The number of rotatable bonds is 2. The second kappa shape index (κ2) is 5.57. The summed E-state index contributed by atoms with van der Waals surface area (Å²) in [7, 11) is 0. The van der Waals surface area contributed by atoms with Gasteiger partial charge in [-0.1, -0.05) is 6.07 Å². The fourth-order valence-electron chi connectivity index (χ4n) is 2.39. The van der Waals surface area contributed by atoms with Gasteiger partial charge in [0.15, 0.2) is 0 Å². The van der Waals surface area contributed by atoms with E-state index < -0.39 is 0 Å². The van der Waals surface area contributed by atoms with Crippen LogP contribution in [0.15, 0.2) is 36.4 Å². The summed E-state index contributed by atoms with van der Waals surface area (Å²) in [6, 6.07) is 10.8. The van der Waals surface area contributed by atoms with Crippen LogP contribution in [0.4, 0.5) is 4.39 Å². The van der Waals surface area contributed by atoms with Crippen LogP contribution >= 0.6 is 34.2 Å². The standard InChI is InChI=1S/C16H13ClFIN2/c1-9-3-5-13-15(7-9)21(16(20-13)10(2)17)14-6-4-11(18)8-12(14)19/h3-8,10H,1-2H3. The highest BCUT2D eigenvalue weighted by molar-refractivity contribution is 14.1. The second-order valence-electron chi connectivity index (χ2n) is 5.01. The summed E-state index contributed by atoms with van der Waals surface area (Å²) >= 11 is 8.43. The first kappa shape index (κ1) is 14.8. The van der Waals surface area contributed by atoms with Gasteiger partial charge in [-0.3, -0.25) is 4.57 Å². The molecule has 0 radical (unpaired) electrons. The number of hydrogen-bond donors (Lipinski definition) is 0. The minimum absolute atomic E-state index is 0.237. The van der Waals surface area contributed by atoms with E-state index >= 15 is 0 Å². The van der Waals surface area contributed by atoms with Gasteiger partial charge >= 0.3 is 0 Å². The van der Waals surface area contributed by atoms with Crippen molar-refractivity contribution >= 4 is 45.2 Å². The maximum atomic E-state index is 13.4. The van der Waals surface area contributed by atoms with Crippen LogP contribution in [-0.4, -0.2) is 9.55 Å². The molecule has 5 heteroatoms. The van der Waals surface area contributed by atoms with Gasteiger partial charge in [-0.05, 0) is 72.3 Å². The Hall–Kier alpha value is -1.14. The predicted molar refractivity (Wildman–Crippen MR) is 92.8 cm³/mol. The molecule has 1 atom stereocenters. The van der Waals surface area contributed by atoms with Gasteiger partial charge in [0.05, 0.1) is 22.1 Å². The fourth-order valence-corrected chi connectivity index (χ4v) is 3.25. The SMILES string of the molecule is Cc1ccc2nc(C(C)Cl)n(-c3ccc(F)cc3I)c2c1. The molecule has 0 N–H and O–H groups in total. The van der Waals surface area contributed by atoms with Crippen molar-refractivity contribution in [2.75, 3.05) is 0 Å². The molecule has 0 amide bonds. The number of imidazole rings is 1. The second-order valence-corrected chi connectivity index (χ2v) is 6.83. The van der Waals surface area contributed by atoms with Gasteiger partial charge < -0.3 is 0 Å². The average Bonchev–Trinajstić information content (AvgIpc) is 2.77. The first-order valence-corrected chi connectivity index (χ1v) is 8.07. The van der Waals surface area contributed by atoms with Gasteiger partial charge in [-0.2, -0.15) is 0 Å². The highest BCUT2D eigenvalue weighted by Gasteiger charge is 2.18. The van der Waals surface area contributed by atoms with Gasteiger partial charge in [-0.15, -0.1) is 11.6 Å². The number of fused-ring (bicyclic) bond motifs is 1. The Labute approximate surface area is 141 Å². The van der Waals surface area contributed by atoms with Gasteiger partial charge in [0.2, 0.25) is 0 Å². The lowest BCUT2D eigenvalue weighted by Crippen LogP contribution is -2.04. The van der Waals surface area contributed by atoms with Crippen LogP contribution in [0.1, 0.15) is 23.7 Å². The molecule has 2 nitrogen and oxygen atoms in total. The monoisotopic (exact) mass is 414 g/mol. The van der Waals surface area contributed by atoms with E-state index in [-0.39, 0.29) is 11.2 Å². The van der Waals surface area contributed by atoms with Crippen molar-refractivity contribution in [1.29, 1.82) is 0 Å². The van der Waals surface area contributed by atoms with Crippen molar-refractivity contribution < 1.29 is 4.39 Å². The number of alkyl halides is 1. The van der Waals surface area contributed by atoms with Crippen LogP contribution in [0, 0.1) is 16.3 Å².